The van der Waals surface area contributed by atoms with Gasteiger partial charge in [-0.15, -0.1) is 0 Å². The number of rotatable bonds is 4. The van der Waals surface area contributed by atoms with Crippen LogP contribution < -0.4 is 19.9 Å². The van der Waals surface area contributed by atoms with Crippen LogP contribution in [0.5, 0.6) is 5.88 Å². The molecule has 0 radical (unpaired) electrons. The first-order valence-corrected chi connectivity index (χ1v) is 10.6. The Bertz CT molecular complexity index is 1110. The van der Waals surface area contributed by atoms with Crippen LogP contribution in [0.2, 0.25) is 0 Å². The van der Waals surface area contributed by atoms with Crippen molar-refractivity contribution < 1.29 is 50.1 Å². The Morgan fingerprint density at radius 1 is 0.919 bits per heavy atom. The van der Waals surface area contributed by atoms with Crippen molar-refractivity contribution >= 4 is 23.7 Å². The zero-order valence-electron chi connectivity index (χ0n) is 18.7. The van der Waals surface area contributed by atoms with Crippen LogP contribution in [-0.2, 0) is 25.6 Å². The second kappa shape index (κ2) is 9.87. The summed E-state index contributed by atoms with van der Waals surface area (Å²) in [5, 5.41) is 2.44. The first-order valence-electron chi connectivity index (χ1n) is 10.6. The molecule has 1 fully saturated rings. The molecule has 0 aliphatic carbocycles. The van der Waals surface area contributed by atoms with E-state index in [0.717, 1.165) is 0 Å². The SMILES string of the molecule is O=C(OC1(OC(=O)C(F)(F)F)CNCc2ccc(N3CCN(c4ncccn4)CC3)nc2O1)C(F)(F)F. The molecule has 0 unspecified atom stereocenters. The van der Waals surface area contributed by atoms with Gasteiger partial charge in [0.2, 0.25) is 11.8 Å². The number of nitrogens with zero attached hydrogens (tertiary/aromatic N) is 5. The molecule has 1 N–H and O–H groups in total. The van der Waals surface area contributed by atoms with Crippen molar-refractivity contribution in [1.82, 2.24) is 20.3 Å². The van der Waals surface area contributed by atoms with Gasteiger partial charge in [-0.1, -0.05) is 0 Å². The van der Waals surface area contributed by atoms with Crippen LogP contribution in [0.1, 0.15) is 5.56 Å². The zero-order chi connectivity index (χ0) is 26.8. The summed E-state index contributed by atoms with van der Waals surface area (Å²) >= 11 is 0. The molecule has 0 saturated carbocycles. The minimum Gasteiger partial charge on any atom is -0.401 e. The van der Waals surface area contributed by atoms with Crippen molar-refractivity contribution in [2.75, 3.05) is 42.5 Å². The number of hydrogen-bond acceptors (Lipinski definition) is 11. The fourth-order valence-corrected chi connectivity index (χ4v) is 3.52. The standard InChI is InChI=1S/C20H18F6N6O5/c21-19(22,23)15(33)36-18(37-16(34)20(24,25)26)11-27-10-12-2-3-13(30-14(12)35-18)31-6-8-32(9-7-31)17-28-4-1-5-29-17/h1-5,27H,6-11H2. The van der Waals surface area contributed by atoms with Gasteiger partial charge < -0.3 is 29.3 Å². The number of carbonyl (C=O) groups excluding carboxylic acids is 2. The second-order valence-electron chi connectivity index (χ2n) is 7.82. The third kappa shape index (κ3) is 6.10. The smallest absolute Gasteiger partial charge is 0.401 e. The summed E-state index contributed by atoms with van der Waals surface area (Å²) in [7, 11) is 0. The average molecular weight is 536 g/mol. The van der Waals surface area contributed by atoms with E-state index in [-0.39, 0.29) is 17.9 Å². The molecule has 0 spiro atoms. The predicted molar refractivity (Wildman–Crippen MR) is 110 cm³/mol. The Morgan fingerprint density at radius 2 is 1.49 bits per heavy atom. The molecule has 2 aromatic rings. The van der Waals surface area contributed by atoms with Crippen molar-refractivity contribution in [3.05, 3.63) is 36.2 Å². The summed E-state index contributed by atoms with van der Waals surface area (Å²) in [6.45, 7) is 0.608. The molecule has 0 bridgehead atoms. The highest BCUT2D eigenvalue weighted by Crippen LogP contribution is 2.33. The van der Waals surface area contributed by atoms with Gasteiger partial charge in [-0.3, -0.25) is 0 Å². The van der Waals surface area contributed by atoms with E-state index in [1.54, 1.807) is 29.4 Å². The topological polar surface area (TPSA) is 119 Å². The van der Waals surface area contributed by atoms with E-state index < -0.39 is 42.7 Å². The minimum absolute atomic E-state index is 0.156. The number of esters is 2. The van der Waals surface area contributed by atoms with Crippen LogP contribution in [0.25, 0.3) is 0 Å². The molecular formula is C20H18F6N6O5. The van der Waals surface area contributed by atoms with Gasteiger partial charge in [-0.05, 0) is 18.2 Å². The number of hydrogen-bond donors (Lipinski definition) is 1. The Hall–Kier alpha value is -3.89. The van der Waals surface area contributed by atoms with E-state index in [0.29, 0.717) is 32.1 Å². The maximum absolute atomic E-state index is 12.9. The van der Waals surface area contributed by atoms with Crippen LogP contribution >= 0.6 is 0 Å². The summed E-state index contributed by atoms with van der Waals surface area (Å²) in [6, 6.07) is 4.73. The highest BCUT2D eigenvalue weighted by Gasteiger charge is 2.55. The number of alkyl halides is 6. The molecule has 2 aromatic heterocycles. The number of carbonyl (C=O) groups is 2. The number of aromatic nitrogens is 3. The first kappa shape index (κ1) is 26.2. The molecule has 0 atom stereocenters. The second-order valence-corrected chi connectivity index (χ2v) is 7.82. The highest BCUT2D eigenvalue weighted by molar-refractivity contribution is 5.78. The lowest BCUT2D eigenvalue weighted by atomic mass is 10.2. The number of ether oxygens (including phenoxy) is 3. The number of pyridine rings is 1. The quantitative estimate of drug-likeness (QED) is 0.348. The van der Waals surface area contributed by atoms with E-state index in [4.69, 9.17) is 4.74 Å². The number of nitrogens with one attached hydrogen (secondary N) is 1. The Morgan fingerprint density at radius 3 is 2.05 bits per heavy atom. The van der Waals surface area contributed by atoms with Gasteiger partial charge >= 0.3 is 30.3 Å². The number of halogens is 6. The largest absolute Gasteiger partial charge is 0.491 e. The van der Waals surface area contributed by atoms with Crippen molar-refractivity contribution in [3.63, 3.8) is 0 Å². The summed E-state index contributed by atoms with van der Waals surface area (Å²) in [5.74, 6) is -8.98. The molecule has 11 nitrogen and oxygen atoms in total. The summed E-state index contributed by atoms with van der Waals surface area (Å²) in [4.78, 5) is 39.2. The fourth-order valence-electron chi connectivity index (χ4n) is 3.52. The van der Waals surface area contributed by atoms with Crippen LogP contribution in [0.4, 0.5) is 38.1 Å². The van der Waals surface area contributed by atoms with Gasteiger partial charge in [-0.2, -0.15) is 31.3 Å². The van der Waals surface area contributed by atoms with Crippen LogP contribution in [0, 0.1) is 0 Å². The number of anilines is 2. The van der Waals surface area contributed by atoms with Gasteiger partial charge in [0.1, 0.15) is 12.4 Å². The van der Waals surface area contributed by atoms with Crippen molar-refractivity contribution in [1.29, 1.82) is 0 Å². The molecule has 4 rings (SSSR count). The maximum Gasteiger partial charge on any atom is 0.491 e. The van der Waals surface area contributed by atoms with Gasteiger partial charge in [0, 0.05) is 50.7 Å². The minimum atomic E-state index is -5.62. The molecule has 1 saturated heterocycles. The summed E-state index contributed by atoms with van der Waals surface area (Å²) in [5.41, 5.74) is 0.202. The Kier molecular flexibility index (Phi) is 6.98. The van der Waals surface area contributed by atoms with Gasteiger partial charge in [0.05, 0.1) is 0 Å². The van der Waals surface area contributed by atoms with Crippen molar-refractivity contribution in [2.24, 2.45) is 0 Å². The van der Waals surface area contributed by atoms with Crippen LogP contribution in [0.15, 0.2) is 30.6 Å². The monoisotopic (exact) mass is 536 g/mol. The van der Waals surface area contributed by atoms with E-state index in [9.17, 15) is 35.9 Å². The van der Waals surface area contributed by atoms with Gasteiger partial charge in [-0.25, -0.2) is 19.6 Å². The summed E-state index contributed by atoms with van der Waals surface area (Å²) < 4.78 is 90.6. The third-order valence-electron chi connectivity index (χ3n) is 5.23. The first-order chi connectivity index (χ1) is 17.4. The Balaban J connectivity index is 1.57. The van der Waals surface area contributed by atoms with Crippen molar-refractivity contribution in [2.45, 2.75) is 24.9 Å². The lowest BCUT2D eigenvalue weighted by molar-refractivity contribution is -0.331. The molecule has 37 heavy (non-hydrogen) atoms. The lowest BCUT2D eigenvalue weighted by Gasteiger charge is -2.35. The number of piperazine rings is 1. The third-order valence-corrected chi connectivity index (χ3v) is 5.23. The lowest BCUT2D eigenvalue weighted by Crippen LogP contribution is -2.55. The van der Waals surface area contributed by atoms with Crippen LogP contribution in [-0.4, -0.2) is 77.9 Å². The zero-order valence-corrected chi connectivity index (χ0v) is 18.7. The van der Waals surface area contributed by atoms with Gasteiger partial charge in [0.25, 0.3) is 0 Å². The number of fused-ring (bicyclic) bond motifs is 1. The molecule has 17 heteroatoms. The molecule has 2 aliphatic rings. The van der Waals surface area contributed by atoms with E-state index in [1.165, 1.54) is 6.07 Å². The molecular weight excluding hydrogens is 518 g/mol. The molecule has 0 amide bonds. The van der Waals surface area contributed by atoms with E-state index >= 15 is 0 Å². The van der Waals surface area contributed by atoms with Gasteiger partial charge in [0.15, 0.2) is 0 Å². The van der Waals surface area contributed by atoms with Crippen LogP contribution in [0.3, 0.4) is 0 Å². The molecule has 4 heterocycles. The maximum atomic E-state index is 12.9. The highest BCUT2D eigenvalue weighted by atomic mass is 19.4. The van der Waals surface area contributed by atoms with E-state index in [2.05, 4.69) is 29.7 Å². The predicted octanol–water partition coefficient (Wildman–Crippen LogP) is 1.54. The molecule has 200 valence electrons. The van der Waals surface area contributed by atoms with E-state index in [1.807, 2.05) is 4.90 Å². The normalized spacial score (nSPS) is 17.8. The van der Waals surface area contributed by atoms with Crippen molar-refractivity contribution in [3.8, 4) is 5.88 Å². The molecule has 0 aromatic carbocycles. The Labute approximate surface area is 204 Å². The average Bonchev–Trinajstić information content (AvgIpc) is 3.02. The summed E-state index contributed by atoms with van der Waals surface area (Å²) in [6.07, 6.45) is -8.05. The fraction of sp³-hybridized carbons (Fsp3) is 0.450. The molecule has 2 aliphatic heterocycles.